The van der Waals surface area contributed by atoms with E-state index in [1.165, 1.54) is 0 Å². The predicted molar refractivity (Wildman–Crippen MR) is 69.3 cm³/mol. The summed E-state index contributed by atoms with van der Waals surface area (Å²) in [5.41, 5.74) is 0.855. The Morgan fingerprint density at radius 2 is 1.79 bits per heavy atom. The van der Waals surface area contributed by atoms with E-state index in [2.05, 4.69) is 54.4 Å². The molecule has 1 aromatic carbocycles. The molecular weight excluding hydrogens is 376 g/mol. The van der Waals surface area contributed by atoms with Crippen LogP contribution in [0.2, 0.25) is 0 Å². The van der Waals surface area contributed by atoms with Crippen molar-refractivity contribution in [2.45, 2.75) is 12.5 Å². The first kappa shape index (κ1) is 12.4. The van der Waals surface area contributed by atoms with Crippen molar-refractivity contribution in [3.05, 3.63) is 43.8 Å². The molecule has 0 saturated carbocycles. The molecule has 1 nitrogen and oxygen atoms in total. The summed E-state index contributed by atoms with van der Waals surface area (Å²) in [7, 11) is 0. The molecule has 14 heavy (non-hydrogen) atoms. The van der Waals surface area contributed by atoms with E-state index >= 15 is 0 Å². The van der Waals surface area contributed by atoms with Gasteiger partial charge in [-0.05, 0) is 18.6 Å². The van der Waals surface area contributed by atoms with E-state index in [0.717, 1.165) is 19.0 Å². The first-order valence-electron chi connectivity index (χ1n) is 3.99. The molecule has 0 amide bonds. The highest BCUT2D eigenvalue weighted by molar-refractivity contribution is 9.11. The molecule has 0 aliphatic rings. The van der Waals surface area contributed by atoms with Gasteiger partial charge in [-0.15, -0.1) is 6.58 Å². The van der Waals surface area contributed by atoms with Crippen LogP contribution in [0.4, 0.5) is 0 Å². The summed E-state index contributed by atoms with van der Waals surface area (Å²) >= 11 is 10.2. The van der Waals surface area contributed by atoms with Gasteiger partial charge in [0.25, 0.3) is 0 Å². The van der Waals surface area contributed by atoms with Gasteiger partial charge in [0.15, 0.2) is 0 Å². The van der Waals surface area contributed by atoms with E-state index in [1.54, 1.807) is 6.08 Å². The average molecular weight is 385 g/mol. The normalized spacial score (nSPS) is 12.6. The quantitative estimate of drug-likeness (QED) is 0.756. The van der Waals surface area contributed by atoms with Crippen LogP contribution in [0.3, 0.4) is 0 Å². The van der Waals surface area contributed by atoms with Crippen LogP contribution in [0.25, 0.3) is 0 Å². The lowest BCUT2D eigenvalue weighted by atomic mass is 10.1. The maximum atomic E-state index is 9.83. The van der Waals surface area contributed by atoms with Gasteiger partial charge in [0.05, 0.1) is 6.10 Å². The molecule has 0 heterocycles. The molecule has 0 aliphatic heterocycles. The highest BCUT2D eigenvalue weighted by atomic mass is 79.9. The van der Waals surface area contributed by atoms with Crippen molar-refractivity contribution in [1.29, 1.82) is 0 Å². The Labute approximate surface area is 109 Å². The molecular formula is C10H9Br3O. The Balaban J connectivity index is 3.13. The Hall–Kier alpha value is 0.360. The van der Waals surface area contributed by atoms with Crippen molar-refractivity contribution in [3.8, 4) is 0 Å². The van der Waals surface area contributed by atoms with Crippen LogP contribution in [0.1, 0.15) is 18.1 Å². The first-order valence-corrected chi connectivity index (χ1v) is 6.37. The number of halogens is 3. The van der Waals surface area contributed by atoms with Crippen LogP contribution in [0.5, 0.6) is 0 Å². The van der Waals surface area contributed by atoms with E-state index < -0.39 is 6.10 Å². The predicted octanol–water partition coefficient (Wildman–Crippen LogP) is 4.58. The molecule has 1 atom stereocenters. The Kier molecular flexibility index (Phi) is 4.83. The molecule has 0 bridgehead atoms. The maximum absolute atomic E-state index is 9.83. The highest BCUT2D eigenvalue weighted by Crippen LogP contribution is 2.35. The van der Waals surface area contributed by atoms with E-state index in [4.69, 9.17) is 0 Å². The zero-order chi connectivity index (χ0) is 10.7. The van der Waals surface area contributed by atoms with Crippen LogP contribution in [-0.2, 0) is 0 Å². The molecule has 4 heteroatoms. The van der Waals surface area contributed by atoms with Gasteiger partial charge in [-0.1, -0.05) is 53.9 Å². The number of benzene rings is 1. The first-order chi connectivity index (χ1) is 6.56. The molecule has 0 saturated heterocycles. The van der Waals surface area contributed by atoms with Gasteiger partial charge in [0.1, 0.15) is 0 Å². The van der Waals surface area contributed by atoms with Gasteiger partial charge < -0.3 is 5.11 Å². The summed E-state index contributed by atoms with van der Waals surface area (Å²) < 4.78 is 2.73. The standard InChI is InChI=1S/C10H9Br3O/c1-2-3-9(14)10-7(12)4-6(11)5-8(10)13/h2,4-5,9,14H,1,3H2. The zero-order valence-corrected chi connectivity index (χ0v) is 12.1. The summed E-state index contributed by atoms with van der Waals surface area (Å²) in [6.07, 6.45) is 1.72. The fraction of sp³-hybridized carbons (Fsp3) is 0.200. The Morgan fingerprint density at radius 3 is 2.21 bits per heavy atom. The minimum atomic E-state index is -0.524. The van der Waals surface area contributed by atoms with Crippen LogP contribution in [-0.4, -0.2) is 5.11 Å². The molecule has 76 valence electrons. The van der Waals surface area contributed by atoms with Crippen LogP contribution >= 0.6 is 47.8 Å². The van der Waals surface area contributed by atoms with Crippen molar-refractivity contribution in [2.75, 3.05) is 0 Å². The van der Waals surface area contributed by atoms with E-state index in [1.807, 2.05) is 12.1 Å². The Morgan fingerprint density at radius 1 is 1.29 bits per heavy atom. The molecule has 0 aromatic heterocycles. The fourth-order valence-electron chi connectivity index (χ4n) is 1.15. The monoisotopic (exact) mass is 382 g/mol. The lowest BCUT2D eigenvalue weighted by Gasteiger charge is -2.13. The lowest BCUT2D eigenvalue weighted by Crippen LogP contribution is -1.98. The summed E-state index contributed by atoms with van der Waals surface area (Å²) in [5, 5.41) is 9.83. The minimum absolute atomic E-state index is 0.524. The van der Waals surface area contributed by atoms with E-state index in [0.29, 0.717) is 6.42 Å². The molecule has 0 spiro atoms. The van der Waals surface area contributed by atoms with Gasteiger partial charge in [-0.2, -0.15) is 0 Å². The van der Waals surface area contributed by atoms with Crippen molar-refractivity contribution in [1.82, 2.24) is 0 Å². The van der Waals surface area contributed by atoms with Gasteiger partial charge in [-0.25, -0.2) is 0 Å². The van der Waals surface area contributed by atoms with Gasteiger partial charge in [0, 0.05) is 19.0 Å². The van der Waals surface area contributed by atoms with Gasteiger partial charge in [0.2, 0.25) is 0 Å². The summed E-state index contributed by atoms with van der Waals surface area (Å²) in [6, 6.07) is 3.82. The van der Waals surface area contributed by atoms with Crippen LogP contribution in [0, 0.1) is 0 Å². The van der Waals surface area contributed by atoms with Crippen molar-refractivity contribution < 1.29 is 5.11 Å². The molecule has 1 aromatic rings. The second-order valence-electron chi connectivity index (χ2n) is 2.82. The molecule has 0 fully saturated rings. The zero-order valence-electron chi connectivity index (χ0n) is 7.30. The van der Waals surface area contributed by atoms with Crippen molar-refractivity contribution in [2.24, 2.45) is 0 Å². The SMILES string of the molecule is C=CCC(O)c1c(Br)cc(Br)cc1Br. The van der Waals surface area contributed by atoms with Gasteiger partial charge >= 0.3 is 0 Å². The van der Waals surface area contributed by atoms with Crippen molar-refractivity contribution in [3.63, 3.8) is 0 Å². The molecule has 1 unspecified atom stereocenters. The van der Waals surface area contributed by atoms with Crippen molar-refractivity contribution >= 4 is 47.8 Å². The number of aliphatic hydroxyl groups excluding tert-OH is 1. The maximum Gasteiger partial charge on any atom is 0.0846 e. The summed E-state index contributed by atoms with van der Waals surface area (Å²) in [4.78, 5) is 0. The van der Waals surface area contributed by atoms with Crippen LogP contribution in [0.15, 0.2) is 38.2 Å². The minimum Gasteiger partial charge on any atom is -0.388 e. The molecule has 0 aliphatic carbocycles. The highest BCUT2D eigenvalue weighted by Gasteiger charge is 2.14. The second-order valence-corrected chi connectivity index (χ2v) is 5.45. The fourth-order valence-corrected chi connectivity index (χ4v) is 3.93. The number of rotatable bonds is 3. The third-order valence-corrected chi connectivity index (χ3v) is 3.54. The average Bonchev–Trinajstić information content (AvgIpc) is 2.01. The third-order valence-electron chi connectivity index (χ3n) is 1.77. The summed E-state index contributed by atoms with van der Waals surface area (Å²) in [5.74, 6) is 0. The second kappa shape index (κ2) is 5.45. The van der Waals surface area contributed by atoms with Crippen LogP contribution < -0.4 is 0 Å². The summed E-state index contributed by atoms with van der Waals surface area (Å²) in [6.45, 7) is 3.60. The topological polar surface area (TPSA) is 20.2 Å². The third kappa shape index (κ3) is 2.92. The largest absolute Gasteiger partial charge is 0.388 e. The lowest BCUT2D eigenvalue weighted by molar-refractivity contribution is 0.180. The number of aliphatic hydroxyl groups is 1. The smallest absolute Gasteiger partial charge is 0.0846 e. The molecule has 1 N–H and O–H groups in total. The molecule has 1 rings (SSSR count). The number of hydrogen-bond acceptors (Lipinski definition) is 1. The number of hydrogen-bond donors (Lipinski definition) is 1. The van der Waals surface area contributed by atoms with Gasteiger partial charge in [-0.3, -0.25) is 0 Å². The van der Waals surface area contributed by atoms with E-state index in [-0.39, 0.29) is 0 Å². The molecule has 0 radical (unpaired) electrons. The van der Waals surface area contributed by atoms with E-state index in [9.17, 15) is 5.11 Å². The Bertz CT molecular complexity index is 326.